The second-order valence-corrected chi connectivity index (χ2v) is 6.39. The van der Waals surface area contributed by atoms with Crippen LogP contribution < -0.4 is 10.2 Å². The van der Waals surface area contributed by atoms with Crippen molar-refractivity contribution in [2.75, 3.05) is 0 Å². The molecule has 1 amide bonds. The lowest BCUT2D eigenvalue weighted by Gasteiger charge is -2.04. The topological polar surface area (TPSA) is 111 Å². The predicted molar refractivity (Wildman–Crippen MR) is 104 cm³/mol. The van der Waals surface area contributed by atoms with Gasteiger partial charge in [-0.3, -0.25) is 14.9 Å². The number of nitro benzene ring substituents is 1. The van der Waals surface area contributed by atoms with Gasteiger partial charge >= 0.3 is 5.97 Å². The van der Waals surface area contributed by atoms with Gasteiger partial charge in [0, 0.05) is 12.1 Å². The standard InChI is InChI=1S/C19H13N3O5S/c23-18(17-5-2-10-28-17)21-20-12-13-6-8-16(9-7-13)27-19(24)14-3-1-4-15(11-14)22(25)26/h1-12H,(H,21,23)/b20-12-. The van der Waals surface area contributed by atoms with Crippen LogP contribution in [0, 0.1) is 10.1 Å². The average molecular weight is 395 g/mol. The van der Waals surface area contributed by atoms with Crippen LogP contribution in [0.2, 0.25) is 0 Å². The van der Waals surface area contributed by atoms with Crippen molar-refractivity contribution in [3.05, 3.63) is 92.2 Å². The van der Waals surface area contributed by atoms with E-state index in [1.54, 1.807) is 41.8 Å². The Hall–Kier alpha value is -3.85. The molecule has 0 aliphatic heterocycles. The van der Waals surface area contributed by atoms with Gasteiger partial charge in [0.2, 0.25) is 0 Å². The molecule has 0 radical (unpaired) electrons. The lowest BCUT2D eigenvalue weighted by Crippen LogP contribution is -2.16. The first-order valence-corrected chi connectivity index (χ1v) is 8.84. The molecule has 2 aromatic carbocycles. The first-order chi connectivity index (χ1) is 13.5. The smallest absolute Gasteiger partial charge is 0.343 e. The summed E-state index contributed by atoms with van der Waals surface area (Å²) in [5.74, 6) is -0.724. The summed E-state index contributed by atoms with van der Waals surface area (Å²) in [7, 11) is 0. The van der Waals surface area contributed by atoms with Crippen LogP contribution in [0.25, 0.3) is 0 Å². The fourth-order valence-electron chi connectivity index (χ4n) is 2.16. The molecule has 1 N–H and O–H groups in total. The lowest BCUT2D eigenvalue weighted by atomic mass is 10.2. The molecule has 8 nitrogen and oxygen atoms in total. The van der Waals surface area contributed by atoms with Crippen molar-refractivity contribution < 1.29 is 19.2 Å². The summed E-state index contributed by atoms with van der Waals surface area (Å²) in [6.45, 7) is 0. The van der Waals surface area contributed by atoms with Crippen LogP contribution in [-0.2, 0) is 0 Å². The van der Waals surface area contributed by atoms with E-state index in [9.17, 15) is 19.7 Å². The van der Waals surface area contributed by atoms with Gasteiger partial charge in [0.1, 0.15) is 5.75 Å². The molecular weight excluding hydrogens is 382 g/mol. The van der Waals surface area contributed by atoms with E-state index >= 15 is 0 Å². The number of nitro groups is 1. The van der Waals surface area contributed by atoms with Crippen molar-refractivity contribution in [2.24, 2.45) is 5.10 Å². The number of hydrogen-bond donors (Lipinski definition) is 1. The Morgan fingerprint density at radius 1 is 1.11 bits per heavy atom. The number of ether oxygens (including phenoxy) is 1. The van der Waals surface area contributed by atoms with E-state index in [1.807, 2.05) is 0 Å². The number of rotatable bonds is 6. The highest BCUT2D eigenvalue weighted by molar-refractivity contribution is 7.12. The number of benzene rings is 2. The summed E-state index contributed by atoms with van der Waals surface area (Å²) in [6, 6.07) is 15.2. The number of esters is 1. The molecule has 140 valence electrons. The molecular formula is C19H13N3O5S. The molecule has 0 saturated heterocycles. The fraction of sp³-hybridized carbons (Fsp3) is 0. The van der Waals surface area contributed by atoms with E-state index < -0.39 is 10.9 Å². The average Bonchev–Trinajstić information content (AvgIpc) is 3.24. The SMILES string of the molecule is O=C(Oc1ccc(/C=N\NC(=O)c2cccs2)cc1)c1cccc([N+](=O)[O-])c1. The summed E-state index contributed by atoms with van der Waals surface area (Å²) in [5.41, 5.74) is 2.99. The number of carbonyl (C=O) groups excluding carboxylic acids is 2. The molecule has 3 aromatic rings. The summed E-state index contributed by atoms with van der Waals surface area (Å²) < 4.78 is 5.21. The van der Waals surface area contributed by atoms with Crippen LogP contribution in [0.1, 0.15) is 25.6 Å². The second-order valence-electron chi connectivity index (χ2n) is 5.44. The van der Waals surface area contributed by atoms with Crippen LogP contribution in [0.15, 0.2) is 71.1 Å². The van der Waals surface area contributed by atoms with Crippen molar-refractivity contribution in [1.29, 1.82) is 0 Å². The maximum Gasteiger partial charge on any atom is 0.343 e. The first-order valence-electron chi connectivity index (χ1n) is 7.96. The highest BCUT2D eigenvalue weighted by Gasteiger charge is 2.13. The molecule has 0 atom stereocenters. The van der Waals surface area contributed by atoms with Gasteiger partial charge in [-0.1, -0.05) is 12.1 Å². The minimum absolute atomic E-state index is 0.0797. The van der Waals surface area contributed by atoms with E-state index in [4.69, 9.17) is 4.74 Å². The zero-order valence-electron chi connectivity index (χ0n) is 14.3. The van der Waals surface area contributed by atoms with Gasteiger partial charge in [-0.15, -0.1) is 11.3 Å². The molecule has 1 heterocycles. The monoisotopic (exact) mass is 395 g/mol. The van der Waals surface area contributed by atoms with Crippen molar-refractivity contribution in [3.63, 3.8) is 0 Å². The molecule has 1 aromatic heterocycles. The molecule has 0 saturated carbocycles. The molecule has 0 unspecified atom stereocenters. The third kappa shape index (κ3) is 4.86. The molecule has 0 aliphatic carbocycles. The van der Waals surface area contributed by atoms with Crippen molar-refractivity contribution in [3.8, 4) is 5.75 Å². The van der Waals surface area contributed by atoms with Crippen LogP contribution >= 0.6 is 11.3 Å². The molecule has 9 heteroatoms. The third-order valence-corrected chi connectivity index (χ3v) is 4.38. The normalized spacial score (nSPS) is 10.6. The Bertz CT molecular complexity index is 1030. The van der Waals surface area contributed by atoms with Gasteiger partial charge in [-0.2, -0.15) is 5.10 Å². The number of hydrogen-bond acceptors (Lipinski definition) is 7. The molecule has 0 fully saturated rings. The highest BCUT2D eigenvalue weighted by Crippen LogP contribution is 2.17. The van der Waals surface area contributed by atoms with E-state index in [1.165, 1.54) is 35.8 Å². The maximum atomic E-state index is 12.1. The Balaban J connectivity index is 1.59. The van der Waals surface area contributed by atoms with Gasteiger partial charge in [-0.05, 0) is 47.3 Å². The van der Waals surface area contributed by atoms with E-state index in [0.717, 1.165) is 6.07 Å². The van der Waals surface area contributed by atoms with Crippen molar-refractivity contribution in [1.82, 2.24) is 5.43 Å². The maximum absolute atomic E-state index is 12.1. The van der Waals surface area contributed by atoms with Crippen molar-refractivity contribution >= 4 is 35.1 Å². The Kier molecular flexibility index (Phi) is 5.87. The number of amides is 1. The molecule has 28 heavy (non-hydrogen) atoms. The van der Waals surface area contributed by atoms with Gasteiger partial charge in [0.15, 0.2) is 0 Å². The van der Waals surface area contributed by atoms with Crippen LogP contribution in [0.5, 0.6) is 5.75 Å². The second kappa shape index (κ2) is 8.69. The van der Waals surface area contributed by atoms with Crippen LogP contribution in [0.4, 0.5) is 5.69 Å². The van der Waals surface area contributed by atoms with E-state index in [0.29, 0.717) is 10.4 Å². The van der Waals surface area contributed by atoms with Gasteiger partial charge in [-0.25, -0.2) is 10.2 Å². The number of hydrazone groups is 1. The van der Waals surface area contributed by atoms with Gasteiger partial charge in [0.25, 0.3) is 11.6 Å². The fourth-order valence-corrected chi connectivity index (χ4v) is 2.78. The molecule has 0 spiro atoms. The summed E-state index contributed by atoms with van der Waals surface area (Å²) in [6.07, 6.45) is 1.46. The first kappa shape index (κ1) is 18.9. The molecule has 0 bridgehead atoms. The zero-order valence-corrected chi connectivity index (χ0v) is 15.1. The third-order valence-electron chi connectivity index (χ3n) is 3.51. The van der Waals surface area contributed by atoms with E-state index in [-0.39, 0.29) is 22.9 Å². The highest BCUT2D eigenvalue weighted by atomic mass is 32.1. The number of nitrogens with zero attached hydrogens (tertiary/aromatic N) is 2. The van der Waals surface area contributed by atoms with E-state index in [2.05, 4.69) is 10.5 Å². The Labute approximate surface area is 163 Å². The predicted octanol–water partition coefficient (Wildman–Crippen LogP) is 3.64. The summed E-state index contributed by atoms with van der Waals surface area (Å²) in [5, 5.41) is 16.5. The number of nitrogens with one attached hydrogen (secondary N) is 1. The number of thiophene rings is 1. The minimum Gasteiger partial charge on any atom is -0.423 e. The molecule has 0 aliphatic rings. The van der Waals surface area contributed by atoms with Crippen molar-refractivity contribution in [2.45, 2.75) is 0 Å². The Morgan fingerprint density at radius 2 is 1.89 bits per heavy atom. The summed E-state index contributed by atoms with van der Waals surface area (Å²) in [4.78, 5) is 34.6. The van der Waals surface area contributed by atoms with Crippen LogP contribution in [0.3, 0.4) is 0 Å². The molecule has 3 rings (SSSR count). The number of carbonyl (C=O) groups is 2. The Morgan fingerprint density at radius 3 is 2.57 bits per heavy atom. The van der Waals surface area contributed by atoms with Gasteiger partial charge in [0.05, 0.1) is 21.6 Å². The van der Waals surface area contributed by atoms with Crippen LogP contribution in [-0.4, -0.2) is 23.0 Å². The largest absolute Gasteiger partial charge is 0.423 e. The zero-order chi connectivity index (χ0) is 19.9. The number of non-ortho nitro benzene ring substituents is 1. The minimum atomic E-state index is -0.701. The quantitative estimate of drug-likeness (QED) is 0.225. The van der Waals surface area contributed by atoms with Gasteiger partial charge < -0.3 is 4.74 Å². The lowest BCUT2D eigenvalue weighted by molar-refractivity contribution is -0.384. The summed E-state index contributed by atoms with van der Waals surface area (Å²) >= 11 is 1.31.